The summed E-state index contributed by atoms with van der Waals surface area (Å²) in [5.74, 6) is 0.937. The summed E-state index contributed by atoms with van der Waals surface area (Å²) < 4.78 is 10.6. The standard InChI is InChI=1S/C22H22Cl2N2O3/c1-4-26(20-12-15-6-7-16(23)13-19(15)21(24)25-20)17-8-10-18(11-9-17)29-14(3)22(27)28-5-2/h6-14H,4-5H2,1-3H3. The molecule has 1 heterocycles. The van der Waals surface area contributed by atoms with Crippen LogP contribution < -0.4 is 9.64 Å². The Hall–Kier alpha value is -2.50. The fourth-order valence-corrected chi connectivity index (χ4v) is 3.42. The van der Waals surface area contributed by atoms with Gasteiger partial charge in [0.2, 0.25) is 0 Å². The molecule has 0 radical (unpaired) electrons. The number of halogens is 2. The van der Waals surface area contributed by atoms with Crippen molar-refractivity contribution in [1.29, 1.82) is 0 Å². The van der Waals surface area contributed by atoms with E-state index in [0.29, 0.717) is 29.1 Å². The molecule has 1 unspecified atom stereocenters. The summed E-state index contributed by atoms with van der Waals surface area (Å²) in [7, 11) is 0. The number of hydrogen-bond acceptors (Lipinski definition) is 5. The number of rotatable bonds is 7. The van der Waals surface area contributed by atoms with Crippen molar-refractivity contribution in [1.82, 2.24) is 4.98 Å². The van der Waals surface area contributed by atoms with Gasteiger partial charge in [0.15, 0.2) is 6.10 Å². The fraction of sp³-hybridized carbons (Fsp3) is 0.273. The van der Waals surface area contributed by atoms with Crippen molar-refractivity contribution >= 4 is 51.4 Å². The smallest absolute Gasteiger partial charge is 0.347 e. The first kappa shape index (κ1) is 21.2. The molecule has 29 heavy (non-hydrogen) atoms. The van der Waals surface area contributed by atoms with Gasteiger partial charge in [-0.1, -0.05) is 29.3 Å². The Morgan fingerprint density at radius 1 is 1.10 bits per heavy atom. The lowest BCUT2D eigenvalue weighted by Crippen LogP contribution is -2.26. The van der Waals surface area contributed by atoms with Gasteiger partial charge in [-0.15, -0.1) is 0 Å². The largest absolute Gasteiger partial charge is 0.479 e. The highest BCUT2D eigenvalue weighted by molar-refractivity contribution is 6.36. The van der Waals surface area contributed by atoms with Gasteiger partial charge >= 0.3 is 5.97 Å². The summed E-state index contributed by atoms with van der Waals surface area (Å²) in [6, 6.07) is 15.0. The molecule has 1 aromatic heterocycles. The van der Waals surface area contributed by atoms with Crippen LogP contribution in [-0.2, 0) is 9.53 Å². The number of anilines is 2. The number of carbonyl (C=O) groups is 1. The van der Waals surface area contributed by atoms with Gasteiger partial charge in [0, 0.05) is 22.6 Å². The molecule has 3 aromatic rings. The molecular formula is C22H22Cl2N2O3. The maximum atomic E-state index is 11.7. The van der Waals surface area contributed by atoms with Gasteiger partial charge in [-0.3, -0.25) is 0 Å². The third-order valence-electron chi connectivity index (χ3n) is 4.41. The summed E-state index contributed by atoms with van der Waals surface area (Å²) in [5.41, 5.74) is 0.931. The average Bonchev–Trinajstić information content (AvgIpc) is 2.70. The third kappa shape index (κ3) is 4.92. The second-order valence-corrected chi connectivity index (χ2v) is 7.18. The Morgan fingerprint density at radius 2 is 1.83 bits per heavy atom. The number of benzene rings is 2. The monoisotopic (exact) mass is 432 g/mol. The molecule has 0 bridgehead atoms. The maximum Gasteiger partial charge on any atom is 0.347 e. The normalized spacial score (nSPS) is 11.9. The predicted octanol–water partition coefficient (Wildman–Crippen LogP) is 6.03. The van der Waals surface area contributed by atoms with Gasteiger partial charge < -0.3 is 14.4 Å². The van der Waals surface area contributed by atoms with E-state index in [2.05, 4.69) is 4.98 Å². The molecule has 0 amide bonds. The zero-order chi connectivity index (χ0) is 21.0. The molecule has 5 nitrogen and oxygen atoms in total. The Morgan fingerprint density at radius 3 is 2.48 bits per heavy atom. The van der Waals surface area contributed by atoms with E-state index in [1.807, 2.05) is 60.4 Å². The Bertz CT molecular complexity index is 1010. The van der Waals surface area contributed by atoms with Crippen molar-refractivity contribution in [3.63, 3.8) is 0 Å². The van der Waals surface area contributed by atoms with Crippen LogP contribution in [0.2, 0.25) is 10.2 Å². The van der Waals surface area contributed by atoms with Crippen molar-refractivity contribution in [2.45, 2.75) is 26.9 Å². The van der Waals surface area contributed by atoms with Crippen LogP contribution in [0.3, 0.4) is 0 Å². The van der Waals surface area contributed by atoms with Crippen LogP contribution >= 0.6 is 23.2 Å². The Labute approximate surface area is 180 Å². The molecule has 0 N–H and O–H groups in total. The lowest BCUT2D eigenvalue weighted by atomic mass is 10.1. The topological polar surface area (TPSA) is 51.7 Å². The van der Waals surface area contributed by atoms with Crippen LogP contribution in [0.4, 0.5) is 11.5 Å². The Balaban J connectivity index is 1.84. The van der Waals surface area contributed by atoms with Crippen LogP contribution in [0.1, 0.15) is 20.8 Å². The molecule has 2 aromatic carbocycles. The van der Waals surface area contributed by atoms with E-state index in [-0.39, 0.29) is 5.97 Å². The average molecular weight is 433 g/mol. The van der Waals surface area contributed by atoms with Crippen molar-refractivity contribution in [3.05, 3.63) is 58.7 Å². The zero-order valence-electron chi connectivity index (χ0n) is 16.5. The molecule has 0 fully saturated rings. The van der Waals surface area contributed by atoms with Gasteiger partial charge in [0.05, 0.1) is 6.61 Å². The molecule has 3 rings (SSSR count). The highest BCUT2D eigenvalue weighted by Gasteiger charge is 2.16. The first-order chi connectivity index (χ1) is 13.9. The minimum atomic E-state index is -0.670. The van der Waals surface area contributed by atoms with Crippen LogP contribution in [0.15, 0.2) is 48.5 Å². The number of aromatic nitrogens is 1. The van der Waals surface area contributed by atoms with E-state index in [1.54, 1.807) is 13.8 Å². The van der Waals surface area contributed by atoms with Crippen molar-refractivity contribution in [2.24, 2.45) is 0 Å². The highest BCUT2D eigenvalue weighted by atomic mass is 35.5. The van der Waals surface area contributed by atoms with Crippen LogP contribution in [0.25, 0.3) is 10.8 Å². The van der Waals surface area contributed by atoms with E-state index >= 15 is 0 Å². The fourth-order valence-electron chi connectivity index (χ4n) is 3.00. The van der Waals surface area contributed by atoms with Gasteiger partial charge in [0.25, 0.3) is 0 Å². The maximum absolute atomic E-state index is 11.7. The van der Waals surface area contributed by atoms with E-state index in [0.717, 1.165) is 22.3 Å². The number of pyridine rings is 1. The first-order valence-electron chi connectivity index (χ1n) is 9.39. The summed E-state index contributed by atoms with van der Waals surface area (Å²) in [5, 5.41) is 2.80. The molecule has 7 heteroatoms. The summed E-state index contributed by atoms with van der Waals surface area (Å²) >= 11 is 12.5. The first-order valence-corrected chi connectivity index (χ1v) is 10.1. The van der Waals surface area contributed by atoms with E-state index < -0.39 is 6.10 Å². The third-order valence-corrected chi connectivity index (χ3v) is 4.93. The minimum Gasteiger partial charge on any atom is -0.479 e. The van der Waals surface area contributed by atoms with Crippen molar-refractivity contribution in [2.75, 3.05) is 18.1 Å². The SMILES string of the molecule is CCOC(=O)C(C)Oc1ccc(N(CC)c2cc3ccc(Cl)cc3c(Cl)n2)cc1. The Kier molecular flexibility index (Phi) is 6.83. The quantitative estimate of drug-likeness (QED) is 0.336. The number of ether oxygens (including phenoxy) is 2. The summed E-state index contributed by atoms with van der Waals surface area (Å²) in [4.78, 5) is 18.3. The van der Waals surface area contributed by atoms with Gasteiger partial charge in [-0.2, -0.15) is 0 Å². The van der Waals surface area contributed by atoms with Crippen LogP contribution in [0.5, 0.6) is 5.75 Å². The van der Waals surface area contributed by atoms with E-state index in [1.165, 1.54) is 0 Å². The molecule has 0 saturated carbocycles. The molecular weight excluding hydrogens is 411 g/mol. The number of carbonyl (C=O) groups excluding carboxylic acids is 1. The lowest BCUT2D eigenvalue weighted by molar-refractivity contribution is -0.150. The van der Waals surface area contributed by atoms with Gasteiger partial charge in [0.1, 0.15) is 16.7 Å². The number of esters is 1. The van der Waals surface area contributed by atoms with Gasteiger partial charge in [-0.05, 0) is 68.6 Å². The summed E-state index contributed by atoms with van der Waals surface area (Å²) in [6.07, 6.45) is -0.670. The van der Waals surface area contributed by atoms with Crippen molar-refractivity contribution < 1.29 is 14.3 Å². The van der Waals surface area contributed by atoms with Crippen molar-refractivity contribution in [3.8, 4) is 5.75 Å². The molecule has 1 atom stereocenters. The molecule has 0 aliphatic heterocycles. The van der Waals surface area contributed by atoms with E-state index in [4.69, 9.17) is 32.7 Å². The molecule has 152 valence electrons. The number of fused-ring (bicyclic) bond motifs is 1. The molecule has 0 aliphatic carbocycles. The zero-order valence-corrected chi connectivity index (χ0v) is 18.0. The minimum absolute atomic E-state index is 0.324. The molecule has 0 aliphatic rings. The lowest BCUT2D eigenvalue weighted by Gasteiger charge is -2.23. The van der Waals surface area contributed by atoms with Crippen LogP contribution in [-0.4, -0.2) is 30.2 Å². The number of hydrogen-bond donors (Lipinski definition) is 0. The predicted molar refractivity (Wildman–Crippen MR) is 118 cm³/mol. The second kappa shape index (κ2) is 9.33. The molecule has 0 saturated heterocycles. The van der Waals surface area contributed by atoms with E-state index in [9.17, 15) is 4.79 Å². The van der Waals surface area contributed by atoms with Gasteiger partial charge in [-0.25, -0.2) is 9.78 Å². The highest BCUT2D eigenvalue weighted by Crippen LogP contribution is 2.32. The number of nitrogens with zero attached hydrogens (tertiary/aromatic N) is 2. The summed E-state index contributed by atoms with van der Waals surface area (Å²) in [6.45, 7) is 6.49. The van der Waals surface area contributed by atoms with Crippen LogP contribution in [0, 0.1) is 0 Å². The molecule has 0 spiro atoms. The second-order valence-electron chi connectivity index (χ2n) is 6.39.